The van der Waals surface area contributed by atoms with Crippen molar-refractivity contribution in [1.82, 2.24) is 4.90 Å². The van der Waals surface area contributed by atoms with E-state index in [1.165, 1.54) is 32.4 Å². The second-order valence-corrected chi connectivity index (χ2v) is 5.18. The highest BCUT2D eigenvalue weighted by Gasteiger charge is 2.46. The molecule has 0 bridgehead atoms. The molecule has 2 rings (SSSR count). The summed E-state index contributed by atoms with van der Waals surface area (Å²) < 4.78 is 0. The van der Waals surface area contributed by atoms with E-state index in [9.17, 15) is 0 Å². The van der Waals surface area contributed by atoms with Crippen LogP contribution in [0.1, 0.15) is 26.2 Å². The van der Waals surface area contributed by atoms with E-state index in [2.05, 4.69) is 29.8 Å². The lowest BCUT2D eigenvalue weighted by Crippen LogP contribution is -2.34. The van der Waals surface area contributed by atoms with Gasteiger partial charge in [-0.2, -0.15) is 0 Å². The predicted octanol–water partition coefficient (Wildman–Crippen LogP) is 2.18. The van der Waals surface area contributed by atoms with Gasteiger partial charge in [-0.1, -0.05) is 6.92 Å². The molecule has 64 valence electrons. The molecule has 1 nitrogen and oxygen atoms in total. The highest BCUT2D eigenvalue weighted by molar-refractivity contribution is 7.99. The van der Waals surface area contributed by atoms with E-state index < -0.39 is 0 Å². The lowest BCUT2D eigenvalue weighted by Gasteiger charge is -2.29. The number of nitrogens with zero attached hydrogens (tertiary/aromatic N) is 1. The molecule has 0 N–H and O–H groups in total. The first kappa shape index (κ1) is 7.93. The van der Waals surface area contributed by atoms with Gasteiger partial charge in [-0.15, -0.1) is 11.8 Å². The number of fused-ring (bicyclic) bond motifs is 1. The third-order valence-electron chi connectivity index (χ3n) is 3.15. The molecular formula is C9H17NS. The van der Waals surface area contributed by atoms with Gasteiger partial charge in [0.15, 0.2) is 0 Å². The zero-order valence-electron chi connectivity index (χ0n) is 7.47. The van der Waals surface area contributed by atoms with Gasteiger partial charge >= 0.3 is 0 Å². The van der Waals surface area contributed by atoms with Crippen LogP contribution in [0, 0.1) is 5.92 Å². The average Bonchev–Trinajstić information content (AvgIpc) is 2.43. The Labute approximate surface area is 73.5 Å². The molecule has 0 saturated carbocycles. The van der Waals surface area contributed by atoms with Crippen molar-refractivity contribution in [1.29, 1.82) is 0 Å². The van der Waals surface area contributed by atoms with Crippen molar-refractivity contribution in [3.63, 3.8) is 0 Å². The van der Waals surface area contributed by atoms with Gasteiger partial charge < -0.3 is 0 Å². The maximum Gasteiger partial charge on any atom is 0.0670 e. The fourth-order valence-corrected chi connectivity index (χ4v) is 3.92. The minimum Gasteiger partial charge on any atom is -0.289 e. The topological polar surface area (TPSA) is 3.24 Å². The zero-order chi connectivity index (χ0) is 7.90. The molecule has 0 aromatic heterocycles. The monoisotopic (exact) mass is 171 g/mol. The molecule has 0 aliphatic carbocycles. The molecular weight excluding hydrogens is 154 g/mol. The summed E-state index contributed by atoms with van der Waals surface area (Å²) in [6.07, 6.45) is 6.55. The van der Waals surface area contributed by atoms with Crippen molar-refractivity contribution in [3.05, 3.63) is 0 Å². The van der Waals surface area contributed by atoms with Crippen molar-refractivity contribution in [2.45, 2.75) is 31.1 Å². The Hall–Kier alpha value is 0.310. The molecule has 2 saturated heterocycles. The van der Waals surface area contributed by atoms with Crippen LogP contribution in [0.2, 0.25) is 0 Å². The van der Waals surface area contributed by atoms with Gasteiger partial charge in [0.1, 0.15) is 0 Å². The maximum atomic E-state index is 2.70. The summed E-state index contributed by atoms with van der Waals surface area (Å²) in [7, 11) is 0. The normalized spacial score (nSPS) is 44.7. The number of thioether (sulfide) groups is 1. The molecule has 2 aliphatic rings. The number of rotatable bonds is 1. The summed E-state index contributed by atoms with van der Waals surface area (Å²) in [6.45, 7) is 5.09. The fraction of sp³-hybridized carbons (Fsp3) is 1.00. The summed E-state index contributed by atoms with van der Waals surface area (Å²) in [5.41, 5.74) is 0. The molecule has 0 aromatic rings. The first-order chi connectivity index (χ1) is 5.27. The third kappa shape index (κ3) is 1.11. The van der Waals surface area contributed by atoms with Crippen molar-refractivity contribution < 1.29 is 0 Å². The minimum atomic E-state index is 0.569. The van der Waals surface area contributed by atoms with E-state index >= 15 is 0 Å². The van der Waals surface area contributed by atoms with Crippen LogP contribution in [0.5, 0.6) is 0 Å². The van der Waals surface area contributed by atoms with Crippen LogP contribution in [-0.4, -0.2) is 29.1 Å². The fourth-order valence-electron chi connectivity index (χ4n) is 2.70. The Bertz CT molecular complexity index is 160. The highest BCUT2D eigenvalue weighted by atomic mass is 32.2. The predicted molar refractivity (Wildman–Crippen MR) is 50.8 cm³/mol. The van der Waals surface area contributed by atoms with Crippen LogP contribution in [0.4, 0.5) is 0 Å². The summed E-state index contributed by atoms with van der Waals surface area (Å²) in [5.74, 6) is 0.933. The lowest BCUT2D eigenvalue weighted by atomic mass is 10.1. The van der Waals surface area contributed by atoms with Gasteiger partial charge in [0.25, 0.3) is 0 Å². The smallest absolute Gasteiger partial charge is 0.0670 e. The van der Waals surface area contributed by atoms with E-state index in [0.29, 0.717) is 4.87 Å². The van der Waals surface area contributed by atoms with Crippen molar-refractivity contribution >= 4 is 11.8 Å². The van der Waals surface area contributed by atoms with Crippen LogP contribution >= 0.6 is 11.8 Å². The second-order valence-electron chi connectivity index (χ2n) is 4.01. The Morgan fingerprint density at radius 2 is 2.36 bits per heavy atom. The highest BCUT2D eigenvalue weighted by Crippen LogP contribution is 2.47. The van der Waals surface area contributed by atoms with Crippen LogP contribution < -0.4 is 0 Å². The number of hydrogen-bond acceptors (Lipinski definition) is 2. The molecule has 1 unspecified atom stereocenters. The first-order valence-electron chi connectivity index (χ1n) is 4.57. The number of hydrogen-bond donors (Lipinski definition) is 0. The third-order valence-corrected chi connectivity index (χ3v) is 4.54. The van der Waals surface area contributed by atoms with Gasteiger partial charge in [-0.25, -0.2) is 0 Å². The minimum absolute atomic E-state index is 0.569. The van der Waals surface area contributed by atoms with Crippen LogP contribution in [-0.2, 0) is 0 Å². The Morgan fingerprint density at radius 3 is 3.00 bits per heavy atom. The molecule has 2 fully saturated rings. The SMILES string of the molecule is CS[C@@]12CCCN1CC(C)C2. The molecule has 0 spiro atoms. The van der Waals surface area contributed by atoms with E-state index in [-0.39, 0.29) is 0 Å². The summed E-state index contributed by atoms with van der Waals surface area (Å²) in [4.78, 5) is 3.27. The molecule has 0 amide bonds. The summed E-state index contributed by atoms with van der Waals surface area (Å²) in [6, 6.07) is 0. The van der Waals surface area contributed by atoms with Crippen LogP contribution in [0.15, 0.2) is 0 Å². The van der Waals surface area contributed by atoms with Crippen LogP contribution in [0.3, 0.4) is 0 Å². The van der Waals surface area contributed by atoms with Gasteiger partial charge in [0.2, 0.25) is 0 Å². The molecule has 2 atom stereocenters. The van der Waals surface area contributed by atoms with E-state index in [1.807, 2.05) is 0 Å². The van der Waals surface area contributed by atoms with Gasteiger partial charge in [-0.3, -0.25) is 4.90 Å². The van der Waals surface area contributed by atoms with Crippen LogP contribution in [0.25, 0.3) is 0 Å². The summed E-state index contributed by atoms with van der Waals surface area (Å²) >= 11 is 2.08. The molecule has 2 heteroatoms. The molecule has 11 heavy (non-hydrogen) atoms. The van der Waals surface area contributed by atoms with E-state index in [4.69, 9.17) is 0 Å². The zero-order valence-corrected chi connectivity index (χ0v) is 8.28. The average molecular weight is 171 g/mol. The van der Waals surface area contributed by atoms with Gasteiger partial charge in [0.05, 0.1) is 4.87 Å². The quantitative estimate of drug-likeness (QED) is 0.595. The molecule has 0 radical (unpaired) electrons. The molecule has 2 heterocycles. The van der Waals surface area contributed by atoms with Gasteiger partial charge in [-0.05, 0) is 38.0 Å². The standard InChI is InChI=1S/C9H17NS/c1-8-6-9(11-2)4-3-5-10(9)7-8/h8H,3-7H2,1-2H3/t8?,9-/m1/s1. The Balaban J connectivity index is 2.15. The maximum absolute atomic E-state index is 2.70. The van der Waals surface area contributed by atoms with Gasteiger partial charge in [0, 0.05) is 6.54 Å². The van der Waals surface area contributed by atoms with Crippen molar-refractivity contribution in [3.8, 4) is 0 Å². The Kier molecular flexibility index (Phi) is 1.92. The Morgan fingerprint density at radius 1 is 1.55 bits per heavy atom. The van der Waals surface area contributed by atoms with Crippen molar-refractivity contribution in [2.75, 3.05) is 19.3 Å². The largest absolute Gasteiger partial charge is 0.289 e. The van der Waals surface area contributed by atoms with E-state index in [1.54, 1.807) is 0 Å². The molecule has 2 aliphatic heterocycles. The van der Waals surface area contributed by atoms with Crippen molar-refractivity contribution in [2.24, 2.45) is 5.92 Å². The molecule has 0 aromatic carbocycles. The van der Waals surface area contributed by atoms with E-state index in [0.717, 1.165) is 5.92 Å². The summed E-state index contributed by atoms with van der Waals surface area (Å²) in [5, 5.41) is 0. The first-order valence-corrected chi connectivity index (χ1v) is 5.79. The second kappa shape index (κ2) is 2.67. The lowest BCUT2D eigenvalue weighted by molar-refractivity contribution is 0.291.